The molecule has 0 unspecified atom stereocenters. The first-order valence-electron chi connectivity index (χ1n) is 6.77. The molecule has 0 saturated carbocycles. The molecule has 0 fully saturated rings. The molecule has 21 heavy (non-hydrogen) atoms. The molecule has 0 amide bonds. The Morgan fingerprint density at radius 1 is 1.24 bits per heavy atom. The molecule has 9 nitrogen and oxygen atoms in total. The summed E-state index contributed by atoms with van der Waals surface area (Å²) in [5.41, 5.74) is 4.53. The van der Waals surface area contributed by atoms with E-state index in [1.54, 1.807) is 4.68 Å². The normalized spacial score (nSPS) is 10.5. The smallest absolute Gasteiger partial charge is 0.323 e. The molecular weight excluding hydrogens is 272 g/mol. The van der Waals surface area contributed by atoms with Crippen molar-refractivity contribution in [3.05, 3.63) is 17.5 Å². The van der Waals surface area contributed by atoms with Gasteiger partial charge in [-0.25, -0.2) is 5.84 Å². The third kappa shape index (κ3) is 3.78. The third-order valence-corrected chi connectivity index (χ3v) is 2.78. The first-order chi connectivity index (χ1) is 10.2. The SMILES string of the molecule is CCOc1nc(NN)nc(NCc2cn(C)nc2CC)n1. The van der Waals surface area contributed by atoms with Gasteiger partial charge >= 0.3 is 6.01 Å². The molecule has 0 radical (unpaired) electrons. The van der Waals surface area contributed by atoms with Gasteiger partial charge in [0.05, 0.1) is 12.3 Å². The Balaban J connectivity index is 2.13. The molecule has 4 N–H and O–H groups in total. The minimum Gasteiger partial charge on any atom is -0.464 e. The fourth-order valence-corrected chi connectivity index (χ4v) is 1.90. The number of rotatable bonds is 7. The number of hydrogen-bond acceptors (Lipinski definition) is 8. The Kier molecular flexibility index (Phi) is 4.88. The number of nitrogen functional groups attached to an aromatic ring is 1. The van der Waals surface area contributed by atoms with Crippen LogP contribution in [0.15, 0.2) is 6.20 Å². The largest absolute Gasteiger partial charge is 0.464 e. The van der Waals surface area contributed by atoms with Crippen LogP contribution in [-0.2, 0) is 20.0 Å². The maximum absolute atomic E-state index is 5.34. The van der Waals surface area contributed by atoms with Gasteiger partial charge in [0.25, 0.3) is 0 Å². The first kappa shape index (κ1) is 15.0. The van der Waals surface area contributed by atoms with Gasteiger partial charge < -0.3 is 10.1 Å². The van der Waals surface area contributed by atoms with Crippen LogP contribution in [0.25, 0.3) is 0 Å². The van der Waals surface area contributed by atoms with Gasteiger partial charge in [-0.1, -0.05) is 6.92 Å². The maximum atomic E-state index is 5.34. The van der Waals surface area contributed by atoms with Gasteiger partial charge in [0.15, 0.2) is 0 Å². The second-order valence-electron chi connectivity index (χ2n) is 4.32. The number of ether oxygens (including phenoxy) is 1. The zero-order chi connectivity index (χ0) is 15.2. The molecule has 0 aliphatic carbocycles. The van der Waals surface area contributed by atoms with E-state index >= 15 is 0 Å². The first-order valence-corrected chi connectivity index (χ1v) is 6.77. The lowest BCUT2D eigenvalue weighted by Crippen LogP contribution is -2.14. The van der Waals surface area contributed by atoms with E-state index in [1.807, 2.05) is 20.2 Å². The van der Waals surface area contributed by atoms with Gasteiger partial charge in [0.1, 0.15) is 0 Å². The summed E-state index contributed by atoms with van der Waals surface area (Å²) in [5, 5.41) is 7.52. The summed E-state index contributed by atoms with van der Waals surface area (Å²) < 4.78 is 7.07. The summed E-state index contributed by atoms with van der Waals surface area (Å²) in [6.45, 7) is 4.96. The van der Waals surface area contributed by atoms with Crippen molar-refractivity contribution < 1.29 is 4.74 Å². The molecule has 2 aromatic heterocycles. The predicted molar refractivity (Wildman–Crippen MR) is 78.7 cm³/mol. The van der Waals surface area contributed by atoms with Gasteiger partial charge in [-0.05, 0) is 13.3 Å². The highest BCUT2D eigenvalue weighted by atomic mass is 16.5. The van der Waals surface area contributed by atoms with E-state index in [1.165, 1.54) is 0 Å². The number of aromatic nitrogens is 5. The highest BCUT2D eigenvalue weighted by Gasteiger charge is 2.09. The van der Waals surface area contributed by atoms with Gasteiger partial charge in [0.2, 0.25) is 11.9 Å². The number of hydrogen-bond donors (Lipinski definition) is 3. The van der Waals surface area contributed by atoms with Crippen LogP contribution in [0.2, 0.25) is 0 Å². The number of nitrogens with two attached hydrogens (primary N) is 1. The van der Waals surface area contributed by atoms with Crippen LogP contribution in [0, 0.1) is 0 Å². The molecule has 114 valence electrons. The molecule has 0 bridgehead atoms. The predicted octanol–water partition coefficient (Wildman–Crippen LogP) is 0.464. The monoisotopic (exact) mass is 292 g/mol. The van der Waals surface area contributed by atoms with E-state index < -0.39 is 0 Å². The van der Waals surface area contributed by atoms with E-state index in [4.69, 9.17) is 10.6 Å². The minimum atomic E-state index is 0.227. The third-order valence-electron chi connectivity index (χ3n) is 2.78. The van der Waals surface area contributed by atoms with Crippen molar-refractivity contribution in [2.45, 2.75) is 26.8 Å². The fourth-order valence-electron chi connectivity index (χ4n) is 1.90. The summed E-state index contributed by atoms with van der Waals surface area (Å²) in [6, 6.07) is 0.227. The van der Waals surface area contributed by atoms with Crippen molar-refractivity contribution >= 4 is 11.9 Å². The van der Waals surface area contributed by atoms with Crippen LogP contribution in [-0.4, -0.2) is 31.3 Å². The van der Waals surface area contributed by atoms with E-state index in [-0.39, 0.29) is 12.0 Å². The Morgan fingerprint density at radius 3 is 2.67 bits per heavy atom. The number of aryl methyl sites for hydroxylation is 2. The van der Waals surface area contributed by atoms with Crippen LogP contribution in [0.4, 0.5) is 11.9 Å². The van der Waals surface area contributed by atoms with E-state index in [2.05, 4.69) is 37.7 Å². The summed E-state index contributed by atoms with van der Waals surface area (Å²) >= 11 is 0. The van der Waals surface area contributed by atoms with Crippen molar-refractivity contribution in [2.75, 3.05) is 17.3 Å². The topological polar surface area (TPSA) is 116 Å². The molecule has 2 heterocycles. The number of nitrogens with zero attached hydrogens (tertiary/aromatic N) is 5. The Bertz CT molecular complexity index is 597. The fraction of sp³-hybridized carbons (Fsp3) is 0.500. The van der Waals surface area contributed by atoms with Crippen molar-refractivity contribution in [1.29, 1.82) is 0 Å². The van der Waals surface area contributed by atoms with E-state index in [0.717, 1.165) is 17.7 Å². The van der Waals surface area contributed by atoms with Crippen LogP contribution < -0.4 is 21.3 Å². The van der Waals surface area contributed by atoms with Gasteiger partial charge in [-0.15, -0.1) is 0 Å². The highest BCUT2D eigenvalue weighted by molar-refractivity contribution is 5.36. The van der Waals surface area contributed by atoms with Gasteiger partial charge in [0, 0.05) is 25.4 Å². The lowest BCUT2D eigenvalue weighted by atomic mass is 10.2. The Hall–Kier alpha value is -2.42. The summed E-state index contributed by atoms with van der Waals surface area (Å²) in [4.78, 5) is 12.3. The second kappa shape index (κ2) is 6.84. The van der Waals surface area contributed by atoms with Crippen molar-refractivity contribution in [1.82, 2.24) is 24.7 Å². The quantitative estimate of drug-likeness (QED) is 0.498. The molecule has 0 aliphatic heterocycles. The average molecular weight is 292 g/mol. The molecular formula is C12H20N8O. The van der Waals surface area contributed by atoms with Crippen LogP contribution in [0.3, 0.4) is 0 Å². The average Bonchev–Trinajstić information content (AvgIpc) is 2.85. The van der Waals surface area contributed by atoms with Crippen molar-refractivity contribution in [3.63, 3.8) is 0 Å². The van der Waals surface area contributed by atoms with Crippen LogP contribution in [0.5, 0.6) is 6.01 Å². The summed E-state index contributed by atoms with van der Waals surface area (Å²) in [7, 11) is 1.90. The molecule has 0 aromatic carbocycles. The lowest BCUT2D eigenvalue weighted by molar-refractivity contribution is 0.312. The molecule has 9 heteroatoms. The van der Waals surface area contributed by atoms with Crippen molar-refractivity contribution in [2.24, 2.45) is 12.9 Å². The zero-order valence-corrected chi connectivity index (χ0v) is 12.4. The second-order valence-corrected chi connectivity index (χ2v) is 4.32. The van der Waals surface area contributed by atoms with E-state index in [9.17, 15) is 0 Å². The molecule has 0 saturated heterocycles. The van der Waals surface area contributed by atoms with Gasteiger partial charge in [-0.2, -0.15) is 20.1 Å². The standard InChI is InChI=1S/C12H20N8O/c1-4-9-8(7-20(3)19-9)6-14-10-15-11(18-13)17-12(16-10)21-5-2/h7H,4-6,13H2,1-3H3,(H2,14,15,16,17,18). The molecule has 2 aromatic rings. The van der Waals surface area contributed by atoms with Crippen molar-refractivity contribution in [3.8, 4) is 6.01 Å². The molecule has 0 aliphatic rings. The van der Waals surface area contributed by atoms with Gasteiger partial charge in [-0.3, -0.25) is 10.1 Å². The molecule has 2 rings (SSSR count). The Labute approximate surface area is 122 Å². The molecule has 0 atom stereocenters. The minimum absolute atomic E-state index is 0.227. The van der Waals surface area contributed by atoms with E-state index in [0.29, 0.717) is 19.1 Å². The highest BCUT2D eigenvalue weighted by Crippen LogP contribution is 2.13. The molecule has 0 spiro atoms. The van der Waals surface area contributed by atoms with Crippen LogP contribution in [0.1, 0.15) is 25.1 Å². The summed E-state index contributed by atoms with van der Waals surface area (Å²) in [6.07, 6.45) is 2.84. The number of hydrazine groups is 1. The maximum Gasteiger partial charge on any atom is 0.323 e. The number of anilines is 2. The lowest BCUT2D eigenvalue weighted by Gasteiger charge is -2.08. The zero-order valence-electron chi connectivity index (χ0n) is 12.4. The Morgan fingerprint density at radius 2 is 2.00 bits per heavy atom. The number of nitrogens with one attached hydrogen (secondary N) is 2. The van der Waals surface area contributed by atoms with Crippen LogP contribution >= 0.6 is 0 Å². The summed E-state index contributed by atoms with van der Waals surface area (Å²) in [5.74, 6) is 5.98.